The van der Waals surface area contributed by atoms with Crippen molar-refractivity contribution in [3.63, 3.8) is 0 Å². The van der Waals surface area contributed by atoms with Crippen LogP contribution in [0.3, 0.4) is 0 Å². The van der Waals surface area contributed by atoms with Crippen molar-refractivity contribution >= 4 is 5.97 Å². The second-order valence-corrected chi connectivity index (χ2v) is 5.47. The molecule has 3 unspecified atom stereocenters. The van der Waals surface area contributed by atoms with E-state index in [1.165, 1.54) is 0 Å². The number of aliphatic hydroxyl groups excluding tert-OH is 1. The highest BCUT2D eigenvalue weighted by Crippen LogP contribution is 2.22. The van der Waals surface area contributed by atoms with Gasteiger partial charge in [0.05, 0.1) is 12.5 Å². The van der Waals surface area contributed by atoms with Crippen LogP contribution in [0.4, 0.5) is 0 Å². The molecule has 0 saturated heterocycles. The maximum absolute atomic E-state index is 11.0. The molecule has 0 aliphatic carbocycles. The second kappa shape index (κ2) is 7.41. The smallest absolute Gasteiger partial charge is 0.305 e. The van der Waals surface area contributed by atoms with Crippen LogP contribution < -0.4 is 5.32 Å². The first-order valence-electron chi connectivity index (χ1n) is 7.08. The van der Waals surface area contributed by atoms with Gasteiger partial charge in [-0.15, -0.1) is 0 Å². The standard InChI is InChI=1S/C16H25NO3/c1-5-12(4)17-14(9-15(18)19)16(20)13-7-6-10(2)11(3)8-13/h6-8,12,14,16-17,20H,5,9H2,1-4H3,(H,18,19). The summed E-state index contributed by atoms with van der Waals surface area (Å²) in [4.78, 5) is 11.0. The molecule has 4 nitrogen and oxygen atoms in total. The fourth-order valence-corrected chi connectivity index (χ4v) is 2.11. The fraction of sp³-hybridized carbons (Fsp3) is 0.562. The molecule has 0 aliphatic heterocycles. The monoisotopic (exact) mass is 279 g/mol. The lowest BCUT2D eigenvalue weighted by molar-refractivity contribution is -0.138. The van der Waals surface area contributed by atoms with Crippen LogP contribution in [-0.2, 0) is 4.79 Å². The van der Waals surface area contributed by atoms with Crippen molar-refractivity contribution in [1.82, 2.24) is 5.32 Å². The third-order valence-electron chi connectivity index (χ3n) is 3.76. The molecule has 3 N–H and O–H groups in total. The van der Waals surface area contributed by atoms with E-state index in [1.807, 2.05) is 45.9 Å². The van der Waals surface area contributed by atoms with E-state index in [1.54, 1.807) is 0 Å². The van der Waals surface area contributed by atoms with Gasteiger partial charge in [-0.2, -0.15) is 0 Å². The van der Waals surface area contributed by atoms with Crippen LogP contribution in [0.1, 0.15) is 49.5 Å². The number of benzene rings is 1. The molecule has 0 saturated carbocycles. The molecular weight excluding hydrogens is 254 g/mol. The van der Waals surface area contributed by atoms with Gasteiger partial charge in [0.15, 0.2) is 0 Å². The lowest BCUT2D eigenvalue weighted by atomic mass is 9.96. The van der Waals surface area contributed by atoms with Gasteiger partial charge in [-0.3, -0.25) is 4.79 Å². The van der Waals surface area contributed by atoms with E-state index in [-0.39, 0.29) is 12.5 Å². The van der Waals surface area contributed by atoms with Crippen molar-refractivity contribution in [3.05, 3.63) is 34.9 Å². The van der Waals surface area contributed by atoms with Crippen LogP contribution in [0.15, 0.2) is 18.2 Å². The van der Waals surface area contributed by atoms with Crippen molar-refractivity contribution in [2.45, 2.75) is 58.7 Å². The summed E-state index contributed by atoms with van der Waals surface area (Å²) >= 11 is 0. The predicted octanol–water partition coefficient (Wildman–Crippen LogP) is 2.57. The maximum Gasteiger partial charge on any atom is 0.305 e. The number of aryl methyl sites for hydroxylation is 2. The minimum absolute atomic E-state index is 0.0988. The Morgan fingerprint density at radius 1 is 1.30 bits per heavy atom. The highest BCUT2D eigenvalue weighted by molar-refractivity contribution is 5.67. The fourth-order valence-electron chi connectivity index (χ4n) is 2.11. The lowest BCUT2D eigenvalue weighted by Crippen LogP contribution is -2.41. The summed E-state index contributed by atoms with van der Waals surface area (Å²) in [6, 6.07) is 5.42. The SMILES string of the molecule is CCC(C)NC(CC(=O)O)C(O)c1ccc(C)c(C)c1. The summed E-state index contributed by atoms with van der Waals surface area (Å²) in [5.41, 5.74) is 3.01. The van der Waals surface area contributed by atoms with Crippen LogP contribution >= 0.6 is 0 Å². The first-order chi connectivity index (χ1) is 9.35. The second-order valence-electron chi connectivity index (χ2n) is 5.47. The minimum atomic E-state index is -0.909. The van der Waals surface area contributed by atoms with E-state index in [4.69, 9.17) is 5.11 Å². The molecule has 0 bridgehead atoms. The van der Waals surface area contributed by atoms with E-state index < -0.39 is 18.1 Å². The molecule has 3 atom stereocenters. The summed E-state index contributed by atoms with van der Waals surface area (Å²) in [7, 11) is 0. The van der Waals surface area contributed by atoms with E-state index in [0.717, 1.165) is 23.1 Å². The Hall–Kier alpha value is -1.39. The molecular formula is C16H25NO3. The first-order valence-corrected chi connectivity index (χ1v) is 7.08. The molecule has 0 aromatic heterocycles. The van der Waals surface area contributed by atoms with Gasteiger partial charge in [-0.05, 0) is 43.9 Å². The molecule has 1 aromatic rings. The summed E-state index contributed by atoms with van der Waals surface area (Å²) in [6.07, 6.45) is -0.0341. The number of carboxylic acids is 1. The van der Waals surface area contributed by atoms with Crippen LogP contribution in [0.25, 0.3) is 0 Å². The van der Waals surface area contributed by atoms with Gasteiger partial charge in [-0.1, -0.05) is 25.1 Å². The molecule has 4 heteroatoms. The first kappa shape index (κ1) is 16.7. The Kier molecular flexibility index (Phi) is 6.17. The largest absolute Gasteiger partial charge is 0.481 e. The van der Waals surface area contributed by atoms with Crippen LogP contribution in [0.5, 0.6) is 0 Å². The Morgan fingerprint density at radius 2 is 1.95 bits per heavy atom. The quantitative estimate of drug-likeness (QED) is 0.717. The van der Waals surface area contributed by atoms with Gasteiger partial charge in [0.1, 0.15) is 0 Å². The number of aliphatic hydroxyl groups is 1. The summed E-state index contributed by atoms with van der Waals surface area (Å²) in [6.45, 7) is 8.01. The molecule has 0 amide bonds. The molecule has 0 spiro atoms. The van der Waals surface area contributed by atoms with Crippen molar-refractivity contribution in [1.29, 1.82) is 0 Å². The molecule has 112 valence electrons. The zero-order chi connectivity index (χ0) is 15.3. The van der Waals surface area contributed by atoms with Crippen LogP contribution in [-0.4, -0.2) is 28.3 Å². The summed E-state index contributed by atoms with van der Waals surface area (Å²) in [5.74, 6) is -0.909. The third kappa shape index (κ3) is 4.62. The average Bonchev–Trinajstić information content (AvgIpc) is 2.39. The number of hydrogen-bond donors (Lipinski definition) is 3. The Labute approximate surface area is 120 Å². The maximum atomic E-state index is 11.0. The summed E-state index contributed by atoms with van der Waals surface area (Å²) < 4.78 is 0. The van der Waals surface area contributed by atoms with Gasteiger partial charge in [0.2, 0.25) is 0 Å². The van der Waals surface area contributed by atoms with Crippen molar-refractivity contribution in [3.8, 4) is 0 Å². The molecule has 1 rings (SSSR count). The topological polar surface area (TPSA) is 69.6 Å². The van der Waals surface area contributed by atoms with E-state index in [9.17, 15) is 9.90 Å². The number of carbonyl (C=O) groups is 1. The number of carboxylic acid groups (broad SMARTS) is 1. The van der Waals surface area contributed by atoms with Crippen molar-refractivity contribution in [2.24, 2.45) is 0 Å². The predicted molar refractivity (Wildman–Crippen MR) is 79.8 cm³/mol. The summed E-state index contributed by atoms with van der Waals surface area (Å²) in [5, 5.41) is 22.7. The Balaban J connectivity index is 2.92. The number of hydrogen-bond acceptors (Lipinski definition) is 3. The zero-order valence-corrected chi connectivity index (χ0v) is 12.7. The molecule has 0 radical (unpaired) electrons. The number of nitrogens with one attached hydrogen (secondary N) is 1. The molecule has 1 aromatic carbocycles. The van der Waals surface area contributed by atoms with E-state index in [2.05, 4.69) is 5.32 Å². The van der Waals surface area contributed by atoms with E-state index >= 15 is 0 Å². The van der Waals surface area contributed by atoms with Gasteiger partial charge in [0.25, 0.3) is 0 Å². The van der Waals surface area contributed by atoms with Crippen molar-refractivity contribution in [2.75, 3.05) is 0 Å². The number of rotatable bonds is 7. The highest BCUT2D eigenvalue weighted by Gasteiger charge is 2.24. The average molecular weight is 279 g/mol. The zero-order valence-electron chi connectivity index (χ0n) is 12.7. The Morgan fingerprint density at radius 3 is 2.45 bits per heavy atom. The normalized spacial score (nSPS) is 15.7. The van der Waals surface area contributed by atoms with Crippen LogP contribution in [0.2, 0.25) is 0 Å². The molecule has 0 aliphatic rings. The van der Waals surface area contributed by atoms with Crippen molar-refractivity contribution < 1.29 is 15.0 Å². The van der Waals surface area contributed by atoms with Gasteiger partial charge in [0, 0.05) is 12.1 Å². The minimum Gasteiger partial charge on any atom is -0.481 e. The van der Waals surface area contributed by atoms with Gasteiger partial charge < -0.3 is 15.5 Å². The lowest BCUT2D eigenvalue weighted by Gasteiger charge is -2.26. The third-order valence-corrected chi connectivity index (χ3v) is 3.76. The van der Waals surface area contributed by atoms with E-state index in [0.29, 0.717) is 0 Å². The number of aliphatic carboxylic acids is 1. The highest BCUT2D eigenvalue weighted by atomic mass is 16.4. The molecule has 0 heterocycles. The molecule has 0 fully saturated rings. The molecule has 20 heavy (non-hydrogen) atoms. The van der Waals surface area contributed by atoms with Gasteiger partial charge >= 0.3 is 5.97 Å². The van der Waals surface area contributed by atoms with Gasteiger partial charge in [-0.25, -0.2) is 0 Å². The Bertz CT molecular complexity index is 459. The van der Waals surface area contributed by atoms with Crippen LogP contribution in [0, 0.1) is 13.8 Å².